The van der Waals surface area contributed by atoms with E-state index >= 15 is 0 Å². The summed E-state index contributed by atoms with van der Waals surface area (Å²) < 4.78 is 11.3. The average molecular weight is 304 g/mol. The minimum absolute atomic E-state index is 0.479. The predicted molar refractivity (Wildman–Crippen MR) is 89.2 cm³/mol. The highest BCUT2D eigenvalue weighted by atomic mass is 16.5. The summed E-state index contributed by atoms with van der Waals surface area (Å²) in [6.45, 7) is 6.13. The zero-order valence-electron chi connectivity index (χ0n) is 13.3. The van der Waals surface area contributed by atoms with Gasteiger partial charge in [0.2, 0.25) is 5.82 Å². The van der Waals surface area contributed by atoms with Gasteiger partial charge in [0.1, 0.15) is 5.58 Å². The first kappa shape index (κ1) is 13.8. The van der Waals surface area contributed by atoms with Gasteiger partial charge in [-0.05, 0) is 45.0 Å². The van der Waals surface area contributed by atoms with Crippen molar-refractivity contribution in [1.29, 1.82) is 0 Å². The summed E-state index contributed by atoms with van der Waals surface area (Å²) in [4.78, 5) is 4.49. The monoisotopic (exact) mass is 304 g/mol. The standard InChI is InChI=1S/C19H16N2O2/c1-11-4-7-14(8-5-11)19-20-18(21-23-19)17-13(3)15-10-12(2)6-9-16(15)22-17/h4-10H,1-3H3. The van der Waals surface area contributed by atoms with Gasteiger partial charge in [-0.1, -0.05) is 34.5 Å². The highest BCUT2D eigenvalue weighted by molar-refractivity contribution is 5.87. The molecule has 0 aliphatic heterocycles. The predicted octanol–water partition coefficient (Wildman–Crippen LogP) is 5.08. The Hall–Kier alpha value is -2.88. The van der Waals surface area contributed by atoms with E-state index < -0.39 is 0 Å². The van der Waals surface area contributed by atoms with E-state index in [9.17, 15) is 0 Å². The van der Waals surface area contributed by atoms with Gasteiger partial charge in [-0.25, -0.2) is 0 Å². The first-order chi connectivity index (χ1) is 11.1. The van der Waals surface area contributed by atoms with Crippen molar-refractivity contribution in [3.05, 3.63) is 59.2 Å². The topological polar surface area (TPSA) is 52.1 Å². The average Bonchev–Trinajstić information content (AvgIpc) is 3.14. The lowest BCUT2D eigenvalue weighted by molar-refractivity contribution is 0.430. The van der Waals surface area contributed by atoms with Crippen LogP contribution in [0.15, 0.2) is 51.4 Å². The van der Waals surface area contributed by atoms with E-state index in [2.05, 4.69) is 23.1 Å². The van der Waals surface area contributed by atoms with Crippen molar-refractivity contribution < 1.29 is 8.94 Å². The lowest BCUT2D eigenvalue weighted by Gasteiger charge is -1.94. The molecule has 4 nitrogen and oxygen atoms in total. The molecular weight excluding hydrogens is 288 g/mol. The molecule has 0 radical (unpaired) electrons. The van der Waals surface area contributed by atoms with Crippen LogP contribution in [-0.2, 0) is 0 Å². The number of benzene rings is 2. The summed E-state index contributed by atoms with van der Waals surface area (Å²) in [5, 5.41) is 5.17. The zero-order chi connectivity index (χ0) is 16.0. The van der Waals surface area contributed by atoms with Crippen LogP contribution in [-0.4, -0.2) is 10.1 Å². The molecule has 2 aromatic carbocycles. The van der Waals surface area contributed by atoms with Gasteiger partial charge >= 0.3 is 0 Å². The molecule has 114 valence electrons. The Balaban J connectivity index is 1.80. The number of rotatable bonds is 2. The third kappa shape index (κ3) is 2.32. The van der Waals surface area contributed by atoms with Gasteiger partial charge in [0, 0.05) is 16.5 Å². The summed E-state index contributed by atoms with van der Waals surface area (Å²) in [6, 6.07) is 14.1. The van der Waals surface area contributed by atoms with Crippen LogP contribution in [0.5, 0.6) is 0 Å². The highest BCUT2D eigenvalue weighted by Gasteiger charge is 2.18. The molecule has 4 rings (SSSR count). The van der Waals surface area contributed by atoms with E-state index in [1.165, 1.54) is 11.1 Å². The molecule has 0 spiro atoms. The van der Waals surface area contributed by atoms with Crippen LogP contribution >= 0.6 is 0 Å². The van der Waals surface area contributed by atoms with Crippen molar-refractivity contribution in [2.75, 3.05) is 0 Å². The van der Waals surface area contributed by atoms with E-state index in [0.29, 0.717) is 17.5 Å². The van der Waals surface area contributed by atoms with Crippen LogP contribution in [0, 0.1) is 20.8 Å². The summed E-state index contributed by atoms with van der Waals surface area (Å²) >= 11 is 0. The van der Waals surface area contributed by atoms with E-state index in [0.717, 1.165) is 22.1 Å². The van der Waals surface area contributed by atoms with Crippen LogP contribution in [0.2, 0.25) is 0 Å². The number of aromatic nitrogens is 2. The van der Waals surface area contributed by atoms with Gasteiger partial charge in [-0.3, -0.25) is 0 Å². The molecule has 0 aliphatic carbocycles. The molecular formula is C19H16N2O2. The quantitative estimate of drug-likeness (QED) is 0.518. The second-order valence-electron chi connectivity index (χ2n) is 5.84. The van der Waals surface area contributed by atoms with Crippen molar-refractivity contribution >= 4 is 11.0 Å². The number of hydrogen-bond acceptors (Lipinski definition) is 4. The first-order valence-corrected chi connectivity index (χ1v) is 7.53. The molecule has 0 saturated heterocycles. The third-order valence-corrected chi connectivity index (χ3v) is 4.02. The fourth-order valence-corrected chi connectivity index (χ4v) is 2.68. The molecule has 4 heteroatoms. The first-order valence-electron chi connectivity index (χ1n) is 7.53. The van der Waals surface area contributed by atoms with E-state index in [4.69, 9.17) is 8.94 Å². The molecule has 23 heavy (non-hydrogen) atoms. The van der Waals surface area contributed by atoms with Crippen LogP contribution in [0.1, 0.15) is 16.7 Å². The molecule has 0 fully saturated rings. The maximum atomic E-state index is 5.92. The fourth-order valence-electron chi connectivity index (χ4n) is 2.68. The fraction of sp³-hybridized carbons (Fsp3) is 0.158. The number of fused-ring (bicyclic) bond motifs is 1. The molecule has 0 bridgehead atoms. The molecule has 2 heterocycles. The number of nitrogens with zero attached hydrogens (tertiary/aromatic N) is 2. The van der Waals surface area contributed by atoms with Crippen molar-refractivity contribution in [1.82, 2.24) is 10.1 Å². The number of aryl methyl sites for hydroxylation is 3. The van der Waals surface area contributed by atoms with Gasteiger partial charge in [0.15, 0.2) is 5.76 Å². The summed E-state index contributed by atoms with van der Waals surface area (Å²) in [5.74, 6) is 1.63. The molecule has 0 saturated carbocycles. The normalized spacial score (nSPS) is 11.3. The van der Waals surface area contributed by atoms with E-state index in [1.54, 1.807) is 0 Å². The lowest BCUT2D eigenvalue weighted by Crippen LogP contribution is -1.82. The third-order valence-electron chi connectivity index (χ3n) is 4.02. The minimum Gasteiger partial charge on any atom is -0.452 e. The Morgan fingerprint density at radius 2 is 1.61 bits per heavy atom. The molecule has 0 aliphatic rings. The number of furan rings is 1. The van der Waals surface area contributed by atoms with E-state index in [-0.39, 0.29) is 0 Å². The van der Waals surface area contributed by atoms with Crippen LogP contribution in [0.4, 0.5) is 0 Å². The van der Waals surface area contributed by atoms with E-state index in [1.807, 2.05) is 50.2 Å². The smallest absolute Gasteiger partial charge is 0.258 e. The molecule has 0 amide bonds. The molecule has 2 aromatic heterocycles. The maximum absolute atomic E-state index is 5.92. The molecule has 4 aromatic rings. The van der Waals surface area contributed by atoms with Crippen molar-refractivity contribution in [2.24, 2.45) is 0 Å². The zero-order valence-corrected chi connectivity index (χ0v) is 13.3. The Kier molecular flexibility index (Phi) is 3.05. The lowest BCUT2D eigenvalue weighted by atomic mass is 10.1. The van der Waals surface area contributed by atoms with Gasteiger partial charge in [-0.15, -0.1) is 0 Å². The molecule has 0 N–H and O–H groups in total. The maximum Gasteiger partial charge on any atom is 0.258 e. The van der Waals surface area contributed by atoms with Gasteiger partial charge in [0.05, 0.1) is 0 Å². The second kappa shape index (κ2) is 5.09. The Labute approximate surface area is 133 Å². The van der Waals surface area contributed by atoms with Crippen LogP contribution in [0.3, 0.4) is 0 Å². The Bertz CT molecular complexity index is 994. The van der Waals surface area contributed by atoms with Crippen molar-refractivity contribution in [3.63, 3.8) is 0 Å². The number of hydrogen-bond donors (Lipinski definition) is 0. The molecule has 0 unspecified atom stereocenters. The highest BCUT2D eigenvalue weighted by Crippen LogP contribution is 2.33. The summed E-state index contributed by atoms with van der Waals surface area (Å²) in [7, 11) is 0. The van der Waals surface area contributed by atoms with Gasteiger partial charge in [-0.2, -0.15) is 4.98 Å². The molecule has 0 atom stereocenters. The minimum atomic E-state index is 0.479. The van der Waals surface area contributed by atoms with Crippen molar-refractivity contribution in [3.8, 4) is 23.0 Å². The summed E-state index contributed by atoms with van der Waals surface area (Å²) in [5.41, 5.74) is 5.15. The SMILES string of the molecule is Cc1ccc(-c2nc(-c3oc4ccc(C)cc4c3C)no2)cc1. The van der Waals surface area contributed by atoms with Crippen LogP contribution in [0.25, 0.3) is 34.0 Å². The Morgan fingerprint density at radius 3 is 2.39 bits per heavy atom. The van der Waals surface area contributed by atoms with Gasteiger partial charge < -0.3 is 8.94 Å². The Morgan fingerprint density at radius 1 is 0.870 bits per heavy atom. The largest absolute Gasteiger partial charge is 0.452 e. The summed E-state index contributed by atoms with van der Waals surface area (Å²) in [6.07, 6.45) is 0. The second-order valence-corrected chi connectivity index (χ2v) is 5.84. The van der Waals surface area contributed by atoms with Crippen LogP contribution < -0.4 is 0 Å². The van der Waals surface area contributed by atoms with Gasteiger partial charge in [0.25, 0.3) is 5.89 Å². The van der Waals surface area contributed by atoms with Crippen molar-refractivity contribution in [2.45, 2.75) is 20.8 Å².